The van der Waals surface area contributed by atoms with Crippen LogP contribution in [0.4, 0.5) is 0 Å². The number of fused-ring (bicyclic) bond motifs is 1. The average molecular weight is 569 g/mol. The Balaban J connectivity index is 1.66. The van der Waals surface area contributed by atoms with Gasteiger partial charge >= 0.3 is 0 Å². The number of pyridine rings is 1. The van der Waals surface area contributed by atoms with Crippen molar-refractivity contribution in [3.8, 4) is 11.1 Å². The van der Waals surface area contributed by atoms with Gasteiger partial charge in [0.05, 0.1) is 20.9 Å². The van der Waals surface area contributed by atoms with E-state index in [2.05, 4.69) is 55.2 Å². The quantitative estimate of drug-likeness (QED) is 0.204. The van der Waals surface area contributed by atoms with Gasteiger partial charge in [-0.15, -0.1) is 11.3 Å². The fourth-order valence-corrected chi connectivity index (χ4v) is 6.15. The molecular formula is C33H32N2O3S2. The number of sulfone groups is 1. The van der Waals surface area contributed by atoms with Crippen LogP contribution in [0.25, 0.3) is 33.7 Å². The van der Waals surface area contributed by atoms with Crippen LogP contribution in [-0.2, 0) is 15.4 Å². The van der Waals surface area contributed by atoms with E-state index in [1.54, 1.807) is 44.3 Å². The number of thiazole rings is 1. The highest BCUT2D eigenvalue weighted by molar-refractivity contribution is 7.90. The second-order valence-electron chi connectivity index (χ2n) is 10.9. The van der Waals surface area contributed by atoms with Crippen molar-refractivity contribution in [3.63, 3.8) is 0 Å². The lowest BCUT2D eigenvalue weighted by Gasteiger charge is -2.14. The van der Waals surface area contributed by atoms with E-state index in [9.17, 15) is 13.5 Å². The first-order valence-corrected chi connectivity index (χ1v) is 15.8. The van der Waals surface area contributed by atoms with Gasteiger partial charge in [-0.05, 0) is 84.5 Å². The summed E-state index contributed by atoms with van der Waals surface area (Å²) in [5, 5.41) is 12.4. The Morgan fingerprint density at radius 3 is 2.38 bits per heavy atom. The first kappa shape index (κ1) is 27.9. The molecule has 0 aliphatic rings. The molecule has 0 aliphatic heterocycles. The van der Waals surface area contributed by atoms with Crippen molar-refractivity contribution in [1.82, 2.24) is 9.97 Å². The number of hydrogen-bond donors (Lipinski definition) is 1. The number of nitrogens with zero attached hydrogens (tertiary/aromatic N) is 2. The second kappa shape index (κ2) is 10.7. The zero-order valence-electron chi connectivity index (χ0n) is 23.2. The van der Waals surface area contributed by atoms with Crippen molar-refractivity contribution in [2.45, 2.75) is 44.1 Å². The van der Waals surface area contributed by atoms with E-state index in [0.717, 1.165) is 48.6 Å². The number of aliphatic hydroxyl groups is 1. The molecule has 2 heterocycles. The Morgan fingerprint density at radius 2 is 1.73 bits per heavy atom. The van der Waals surface area contributed by atoms with Gasteiger partial charge in [-0.3, -0.25) is 4.98 Å². The lowest BCUT2D eigenvalue weighted by Crippen LogP contribution is -2.12. The molecule has 7 heteroatoms. The summed E-state index contributed by atoms with van der Waals surface area (Å²) >= 11 is 1.42. The van der Waals surface area contributed by atoms with Crippen LogP contribution in [0.2, 0.25) is 0 Å². The second-order valence-corrected chi connectivity index (χ2v) is 13.9. The third kappa shape index (κ3) is 5.92. The van der Waals surface area contributed by atoms with Crippen LogP contribution < -0.4 is 0 Å². The predicted octanol–water partition coefficient (Wildman–Crippen LogP) is 7.70. The van der Waals surface area contributed by atoms with E-state index in [4.69, 9.17) is 4.98 Å². The molecule has 0 saturated carbocycles. The molecule has 0 saturated heterocycles. The molecule has 0 aliphatic carbocycles. The maximum atomic E-state index is 12.1. The minimum Gasteiger partial charge on any atom is -0.385 e. The molecule has 0 radical (unpaired) electrons. The van der Waals surface area contributed by atoms with Crippen LogP contribution in [0.3, 0.4) is 0 Å². The summed E-state index contributed by atoms with van der Waals surface area (Å²) in [5.74, 6) is 0.378. The van der Waals surface area contributed by atoms with E-state index in [-0.39, 0.29) is 4.90 Å². The van der Waals surface area contributed by atoms with E-state index in [1.165, 1.54) is 23.2 Å². The van der Waals surface area contributed by atoms with Gasteiger partial charge in [-0.1, -0.05) is 50.2 Å². The van der Waals surface area contributed by atoms with Crippen molar-refractivity contribution >= 4 is 43.7 Å². The molecule has 40 heavy (non-hydrogen) atoms. The van der Waals surface area contributed by atoms with E-state index >= 15 is 0 Å². The zero-order chi connectivity index (χ0) is 28.7. The van der Waals surface area contributed by atoms with Crippen LogP contribution in [0, 0.1) is 0 Å². The monoisotopic (exact) mass is 568 g/mol. The summed E-state index contributed by atoms with van der Waals surface area (Å²) < 4.78 is 24.1. The third-order valence-electron chi connectivity index (χ3n) is 6.84. The highest BCUT2D eigenvalue weighted by atomic mass is 32.2. The Morgan fingerprint density at radius 1 is 0.975 bits per heavy atom. The van der Waals surface area contributed by atoms with Crippen LogP contribution in [0.15, 0.2) is 90.1 Å². The SMILES string of the molecule is CC(C)c1cc(-c2cccc(/C=C(\c3ccc(S(C)(=O)=O)cc3)c3ncc(C(C)(C)O)s3)c2)c2ncccc2c1. The highest BCUT2D eigenvalue weighted by Gasteiger charge is 2.21. The number of rotatable bonds is 7. The van der Waals surface area contributed by atoms with Crippen LogP contribution in [0.1, 0.15) is 60.2 Å². The largest absolute Gasteiger partial charge is 0.385 e. The molecule has 5 rings (SSSR count). The van der Waals surface area contributed by atoms with Gasteiger partial charge in [0.2, 0.25) is 0 Å². The minimum atomic E-state index is -3.32. The van der Waals surface area contributed by atoms with E-state index in [1.807, 2.05) is 24.4 Å². The lowest BCUT2D eigenvalue weighted by molar-refractivity contribution is 0.0823. The molecule has 0 fully saturated rings. The Hall–Kier alpha value is -3.65. The fourth-order valence-electron chi connectivity index (χ4n) is 4.56. The molecular weight excluding hydrogens is 537 g/mol. The van der Waals surface area contributed by atoms with Crippen molar-refractivity contribution in [1.29, 1.82) is 0 Å². The van der Waals surface area contributed by atoms with Gasteiger partial charge in [0.15, 0.2) is 9.84 Å². The van der Waals surface area contributed by atoms with Gasteiger partial charge in [-0.2, -0.15) is 0 Å². The molecule has 3 aromatic carbocycles. The number of hydrogen-bond acceptors (Lipinski definition) is 6. The van der Waals surface area contributed by atoms with Gasteiger partial charge in [0, 0.05) is 35.2 Å². The van der Waals surface area contributed by atoms with Crippen molar-refractivity contribution < 1.29 is 13.5 Å². The van der Waals surface area contributed by atoms with E-state index in [0.29, 0.717) is 5.92 Å². The topological polar surface area (TPSA) is 80.2 Å². The van der Waals surface area contributed by atoms with Crippen LogP contribution in [-0.4, -0.2) is 29.7 Å². The lowest BCUT2D eigenvalue weighted by atomic mass is 9.93. The van der Waals surface area contributed by atoms with Crippen molar-refractivity contribution in [3.05, 3.63) is 112 Å². The smallest absolute Gasteiger partial charge is 0.175 e. The maximum Gasteiger partial charge on any atom is 0.175 e. The first-order chi connectivity index (χ1) is 18.9. The molecule has 0 bridgehead atoms. The molecule has 2 aromatic heterocycles. The standard InChI is InChI=1S/C33H32N2O3S2/c1-21(2)26-18-25-10-7-15-34-31(25)28(19-26)24-9-6-8-22(16-24)17-29(32-35-20-30(39-32)33(3,4)36)23-11-13-27(14-12-23)40(5,37)38/h6-21,36H,1-5H3/b29-17+. The predicted molar refractivity (Wildman–Crippen MR) is 165 cm³/mol. The third-order valence-corrected chi connectivity index (χ3v) is 9.31. The van der Waals surface area contributed by atoms with Gasteiger partial charge in [-0.25, -0.2) is 13.4 Å². The number of aromatic nitrogens is 2. The summed E-state index contributed by atoms with van der Waals surface area (Å²) in [6.45, 7) is 7.86. The first-order valence-electron chi connectivity index (χ1n) is 13.1. The molecule has 204 valence electrons. The summed E-state index contributed by atoms with van der Waals surface area (Å²) in [6, 6.07) is 23.7. The molecule has 0 amide bonds. The molecule has 5 nitrogen and oxygen atoms in total. The van der Waals surface area contributed by atoms with Gasteiger partial charge in [0.1, 0.15) is 5.01 Å². The Kier molecular flexibility index (Phi) is 7.48. The molecule has 0 spiro atoms. The molecule has 1 N–H and O–H groups in total. The van der Waals surface area contributed by atoms with Crippen molar-refractivity contribution in [2.75, 3.05) is 6.26 Å². The van der Waals surface area contributed by atoms with Gasteiger partial charge < -0.3 is 5.11 Å². The van der Waals surface area contributed by atoms with Crippen LogP contribution >= 0.6 is 11.3 Å². The van der Waals surface area contributed by atoms with E-state index < -0.39 is 15.4 Å². The molecule has 0 atom stereocenters. The van der Waals surface area contributed by atoms with Crippen molar-refractivity contribution in [2.24, 2.45) is 0 Å². The van der Waals surface area contributed by atoms with Crippen LogP contribution in [0.5, 0.6) is 0 Å². The number of benzene rings is 3. The minimum absolute atomic E-state index is 0.262. The zero-order valence-corrected chi connectivity index (χ0v) is 24.8. The molecule has 5 aromatic rings. The Bertz CT molecular complexity index is 1830. The normalized spacial score (nSPS) is 12.8. The van der Waals surface area contributed by atoms with Gasteiger partial charge in [0.25, 0.3) is 0 Å². The Labute approximate surface area is 239 Å². The highest BCUT2D eigenvalue weighted by Crippen LogP contribution is 2.36. The summed E-state index contributed by atoms with van der Waals surface area (Å²) in [7, 11) is -3.32. The maximum absolute atomic E-state index is 12.1. The summed E-state index contributed by atoms with van der Waals surface area (Å²) in [4.78, 5) is 10.4. The summed E-state index contributed by atoms with van der Waals surface area (Å²) in [6.07, 6.45) is 6.79. The average Bonchev–Trinajstić information content (AvgIpc) is 3.42. The fraction of sp³-hybridized carbons (Fsp3) is 0.212. The molecule has 0 unspecified atom stereocenters. The summed E-state index contributed by atoms with van der Waals surface area (Å²) in [5.41, 5.74) is 5.98.